The molecule has 0 amide bonds. The van der Waals surface area contributed by atoms with Crippen LogP contribution in [0.5, 0.6) is 0 Å². The van der Waals surface area contributed by atoms with Crippen LogP contribution < -0.4 is 4.72 Å². The number of hydrogen-bond acceptors (Lipinski definition) is 4. The Hall–Kier alpha value is -1.89. The first-order valence-electron chi connectivity index (χ1n) is 4.35. The van der Waals surface area contributed by atoms with Crippen LogP contribution in [0.4, 0.5) is 5.69 Å². The molecule has 0 radical (unpaired) electrons. The zero-order valence-corrected chi connectivity index (χ0v) is 9.08. The zero-order chi connectivity index (χ0) is 11.9. The minimum absolute atomic E-state index is 0.00231. The van der Waals surface area contributed by atoms with Gasteiger partial charge in [0.25, 0.3) is 10.0 Å². The fourth-order valence-electron chi connectivity index (χ4n) is 1.35. The van der Waals surface area contributed by atoms with Gasteiger partial charge in [-0.1, -0.05) is 6.07 Å². The molecule has 0 unspecified atom stereocenters. The summed E-state index contributed by atoms with van der Waals surface area (Å²) in [5.41, 5.74) is 0.903. The molecule has 1 aliphatic rings. The highest BCUT2D eigenvalue weighted by molar-refractivity contribution is 7.90. The van der Waals surface area contributed by atoms with Crippen LogP contribution in [0.25, 0.3) is 0 Å². The highest BCUT2D eigenvalue weighted by Gasteiger charge is 2.28. The molecule has 1 heterocycles. The van der Waals surface area contributed by atoms with Crippen molar-refractivity contribution in [3.63, 3.8) is 0 Å². The molecule has 0 saturated heterocycles. The van der Waals surface area contributed by atoms with Crippen molar-refractivity contribution >= 4 is 27.5 Å². The van der Waals surface area contributed by atoms with E-state index in [2.05, 4.69) is 4.99 Å². The topological polar surface area (TPSA) is 95.8 Å². The molecule has 0 bridgehead atoms. The van der Waals surface area contributed by atoms with Crippen molar-refractivity contribution in [3.8, 4) is 0 Å². The molecule has 7 heteroatoms. The number of carbonyl (C=O) groups is 1. The van der Waals surface area contributed by atoms with Crippen LogP contribution in [0.15, 0.2) is 28.1 Å². The highest BCUT2D eigenvalue weighted by atomic mass is 32.2. The molecule has 0 spiro atoms. The van der Waals surface area contributed by atoms with Gasteiger partial charge in [0.05, 0.1) is 5.69 Å². The predicted octanol–water partition coefficient (Wildman–Crippen LogP) is 0.402. The number of hydrogen-bond donors (Lipinski definition) is 2. The van der Waals surface area contributed by atoms with Gasteiger partial charge in [-0.05, 0) is 24.6 Å². The third-order valence-corrected chi connectivity index (χ3v) is 3.44. The van der Waals surface area contributed by atoms with Crippen LogP contribution in [0.3, 0.4) is 0 Å². The molecule has 84 valence electrons. The fourth-order valence-corrected chi connectivity index (χ4v) is 2.57. The summed E-state index contributed by atoms with van der Waals surface area (Å²) in [5, 5.41) is 8.69. The van der Waals surface area contributed by atoms with Gasteiger partial charge >= 0.3 is 5.97 Å². The Balaban J connectivity index is 2.71. The third-order valence-electron chi connectivity index (χ3n) is 2.07. The van der Waals surface area contributed by atoms with Gasteiger partial charge in [-0.3, -0.25) is 4.72 Å². The average Bonchev–Trinajstić information content (AvgIpc) is 2.18. The van der Waals surface area contributed by atoms with Gasteiger partial charge in [-0.2, -0.15) is 0 Å². The van der Waals surface area contributed by atoms with Gasteiger partial charge in [-0.25, -0.2) is 18.2 Å². The Morgan fingerprint density at radius 1 is 1.44 bits per heavy atom. The number of nitrogens with zero attached hydrogens (tertiary/aromatic N) is 1. The van der Waals surface area contributed by atoms with Crippen molar-refractivity contribution < 1.29 is 18.3 Å². The molecule has 2 N–H and O–H groups in total. The number of rotatable bonds is 1. The molecule has 0 fully saturated rings. The minimum atomic E-state index is -3.82. The van der Waals surface area contributed by atoms with Crippen molar-refractivity contribution in [3.05, 3.63) is 23.8 Å². The van der Waals surface area contributed by atoms with Crippen molar-refractivity contribution in [1.29, 1.82) is 0 Å². The van der Waals surface area contributed by atoms with Gasteiger partial charge in [0.2, 0.25) is 5.84 Å². The Morgan fingerprint density at radius 2 is 2.12 bits per heavy atom. The van der Waals surface area contributed by atoms with Gasteiger partial charge < -0.3 is 5.11 Å². The second-order valence-corrected chi connectivity index (χ2v) is 4.99. The quantitative estimate of drug-likeness (QED) is 0.742. The number of nitrogens with one attached hydrogen (secondary N) is 1. The van der Waals surface area contributed by atoms with E-state index >= 15 is 0 Å². The minimum Gasteiger partial charge on any atom is -0.475 e. The smallest absolute Gasteiger partial charge is 0.372 e. The van der Waals surface area contributed by atoms with E-state index in [0.717, 1.165) is 5.56 Å². The normalized spacial score (nSPS) is 16.9. The third kappa shape index (κ3) is 1.65. The molecule has 16 heavy (non-hydrogen) atoms. The molecule has 0 saturated carbocycles. The average molecular weight is 240 g/mol. The summed E-state index contributed by atoms with van der Waals surface area (Å²) in [6.45, 7) is 1.74. The van der Waals surface area contributed by atoms with Gasteiger partial charge in [0.1, 0.15) is 4.90 Å². The number of carboxylic acid groups (broad SMARTS) is 1. The van der Waals surface area contributed by atoms with Crippen molar-refractivity contribution in [2.45, 2.75) is 11.8 Å². The number of aliphatic carboxylic acids is 1. The number of fused-ring (bicyclic) bond motifs is 1. The van der Waals surface area contributed by atoms with E-state index in [4.69, 9.17) is 5.11 Å². The number of carboxylic acids is 1. The molecule has 1 aromatic rings. The first-order valence-corrected chi connectivity index (χ1v) is 5.84. The number of aliphatic imine (C=N–C) groups is 1. The lowest BCUT2D eigenvalue weighted by molar-refractivity contribution is -0.129. The summed E-state index contributed by atoms with van der Waals surface area (Å²) in [6, 6.07) is 4.59. The lowest BCUT2D eigenvalue weighted by Crippen LogP contribution is -2.38. The lowest BCUT2D eigenvalue weighted by Gasteiger charge is -2.15. The van der Waals surface area contributed by atoms with E-state index < -0.39 is 21.8 Å². The largest absolute Gasteiger partial charge is 0.475 e. The van der Waals surface area contributed by atoms with Crippen LogP contribution >= 0.6 is 0 Å². The highest BCUT2D eigenvalue weighted by Crippen LogP contribution is 2.28. The first kappa shape index (κ1) is 10.6. The van der Waals surface area contributed by atoms with E-state index in [1.54, 1.807) is 13.0 Å². The molecule has 6 nitrogen and oxygen atoms in total. The summed E-state index contributed by atoms with van der Waals surface area (Å²) in [5.74, 6) is -1.99. The van der Waals surface area contributed by atoms with Gasteiger partial charge in [-0.15, -0.1) is 0 Å². The molecule has 1 aliphatic heterocycles. The number of aryl methyl sites for hydroxylation is 1. The maximum absolute atomic E-state index is 11.7. The van der Waals surface area contributed by atoms with Gasteiger partial charge in [0.15, 0.2) is 0 Å². The van der Waals surface area contributed by atoms with E-state index in [1.807, 2.05) is 4.72 Å². The monoisotopic (exact) mass is 240 g/mol. The summed E-state index contributed by atoms with van der Waals surface area (Å²) < 4.78 is 25.3. The van der Waals surface area contributed by atoms with Crippen molar-refractivity contribution in [1.82, 2.24) is 4.72 Å². The van der Waals surface area contributed by atoms with E-state index in [0.29, 0.717) is 0 Å². The standard InChI is InChI=1S/C9H8N2O4S/c1-5-2-3-6-7(4-5)16(14,15)11-8(10-6)9(12)13/h2-4H,1H3,(H,10,11)(H,12,13). The van der Waals surface area contributed by atoms with Crippen LogP contribution in [-0.2, 0) is 14.8 Å². The van der Waals surface area contributed by atoms with E-state index in [1.165, 1.54) is 12.1 Å². The number of sulfonamides is 1. The van der Waals surface area contributed by atoms with E-state index in [9.17, 15) is 13.2 Å². The maximum atomic E-state index is 11.7. The Morgan fingerprint density at radius 3 is 2.75 bits per heavy atom. The van der Waals surface area contributed by atoms with Crippen molar-refractivity contribution in [2.24, 2.45) is 4.99 Å². The molecule has 0 atom stereocenters. The van der Waals surface area contributed by atoms with E-state index in [-0.39, 0.29) is 10.6 Å². The molecule has 0 aliphatic carbocycles. The molecular formula is C9H8N2O4S. The Bertz CT molecular complexity index is 604. The second-order valence-electron chi connectivity index (χ2n) is 3.34. The summed E-state index contributed by atoms with van der Waals surface area (Å²) >= 11 is 0. The Labute approximate surface area is 91.7 Å². The molecule has 2 rings (SSSR count). The summed E-state index contributed by atoms with van der Waals surface area (Å²) in [6.07, 6.45) is 0. The molecular weight excluding hydrogens is 232 g/mol. The number of benzene rings is 1. The summed E-state index contributed by atoms with van der Waals surface area (Å²) in [7, 11) is -3.82. The fraction of sp³-hybridized carbons (Fsp3) is 0.111. The Kier molecular flexibility index (Phi) is 2.20. The zero-order valence-electron chi connectivity index (χ0n) is 8.26. The second kappa shape index (κ2) is 3.31. The van der Waals surface area contributed by atoms with Crippen molar-refractivity contribution in [2.75, 3.05) is 0 Å². The lowest BCUT2D eigenvalue weighted by atomic mass is 10.2. The molecule has 1 aromatic carbocycles. The first-order chi connectivity index (χ1) is 7.40. The van der Waals surface area contributed by atoms with Crippen LogP contribution in [0, 0.1) is 6.92 Å². The molecule has 0 aromatic heterocycles. The van der Waals surface area contributed by atoms with Crippen LogP contribution in [-0.4, -0.2) is 25.3 Å². The SMILES string of the molecule is Cc1ccc2c(c1)S(=O)(=O)NC(C(=O)O)=N2. The predicted molar refractivity (Wildman–Crippen MR) is 56.2 cm³/mol. The van der Waals surface area contributed by atoms with Crippen LogP contribution in [0.2, 0.25) is 0 Å². The number of amidine groups is 1. The van der Waals surface area contributed by atoms with Gasteiger partial charge in [0, 0.05) is 0 Å². The maximum Gasteiger partial charge on any atom is 0.372 e. The summed E-state index contributed by atoms with van der Waals surface area (Å²) in [4.78, 5) is 14.4. The van der Waals surface area contributed by atoms with Crippen LogP contribution in [0.1, 0.15) is 5.56 Å².